The van der Waals surface area contributed by atoms with Gasteiger partial charge in [-0.3, -0.25) is 14.0 Å². The van der Waals surface area contributed by atoms with Gasteiger partial charge in [0, 0.05) is 62.8 Å². The molecule has 1 saturated carbocycles. The van der Waals surface area contributed by atoms with Gasteiger partial charge in [0.2, 0.25) is 0 Å². The van der Waals surface area contributed by atoms with Crippen molar-refractivity contribution in [3.63, 3.8) is 0 Å². The monoisotopic (exact) mass is 499 g/mol. The van der Waals surface area contributed by atoms with Crippen LogP contribution in [-0.2, 0) is 7.05 Å². The Bertz CT molecular complexity index is 1480. The lowest BCUT2D eigenvalue weighted by atomic mass is 9.95. The Hall–Kier alpha value is -3.88. The van der Waals surface area contributed by atoms with Crippen LogP contribution in [0.2, 0.25) is 0 Å². The van der Waals surface area contributed by atoms with E-state index in [1.807, 2.05) is 60.3 Å². The summed E-state index contributed by atoms with van der Waals surface area (Å²) in [6, 6.07) is 14.0. The van der Waals surface area contributed by atoms with Crippen LogP contribution in [0.15, 0.2) is 53.5 Å². The molecule has 9 heteroatoms. The topological polar surface area (TPSA) is 81.2 Å². The molecule has 2 aliphatic rings. The number of imidazole rings is 1. The lowest BCUT2D eigenvalue weighted by Crippen LogP contribution is -2.46. The molecule has 0 atom stereocenters. The average Bonchev–Trinajstić information content (AvgIpc) is 3.48. The minimum Gasteiger partial charge on any atom is -0.368 e. The van der Waals surface area contributed by atoms with Crippen LogP contribution >= 0.6 is 0 Å². The van der Waals surface area contributed by atoms with Crippen molar-refractivity contribution in [3.8, 4) is 5.82 Å². The highest BCUT2D eigenvalue weighted by molar-refractivity contribution is 5.94. The highest BCUT2D eigenvalue weighted by atomic mass is 16.2. The van der Waals surface area contributed by atoms with Crippen molar-refractivity contribution in [2.75, 3.05) is 36.0 Å². The first-order chi connectivity index (χ1) is 18.0. The molecule has 0 amide bonds. The number of carbonyl (C=O) groups is 1. The standard InChI is InChI=1S/C28H33N7O2/c1-20(36)21-8-10-22(11-9-21)32-16-18-33(19-17-32)25-13-12-24-27(29-25)34(23-6-4-3-5-7-23)28(37)35(24)26-14-15-31(2)30-26/h8-15,23H,3-7,16-19H2,1-2H3. The van der Waals surface area contributed by atoms with Crippen LogP contribution in [0.5, 0.6) is 0 Å². The summed E-state index contributed by atoms with van der Waals surface area (Å²) in [6.45, 7) is 4.99. The van der Waals surface area contributed by atoms with E-state index in [-0.39, 0.29) is 17.5 Å². The first-order valence-electron chi connectivity index (χ1n) is 13.2. The maximum atomic E-state index is 13.7. The summed E-state index contributed by atoms with van der Waals surface area (Å²) in [5.41, 5.74) is 3.38. The van der Waals surface area contributed by atoms with Crippen LogP contribution in [0.25, 0.3) is 17.0 Å². The number of hydrogen-bond donors (Lipinski definition) is 0. The first-order valence-corrected chi connectivity index (χ1v) is 13.2. The fourth-order valence-electron chi connectivity index (χ4n) is 5.77. The third-order valence-electron chi connectivity index (χ3n) is 7.82. The van der Waals surface area contributed by atoms with Crippen LogP contribution in [0.4, 0.5) is 11.5 Å². The molecule has 1 aromatic carbocycles. The summed E-state index contributed by atoms with van der Waals surface area (Å²) in [5.74, 6) is 1.62. The zero-order chi connectivity index (χ0) is 25.5. The van der Waals surface area contributed by atoms with Crippen LogP contribution < -0.4 is 15.5 Å². The minimum absolute atomic E-state index is 0.0518. The molecule has 2 fully saturated rings. The molecule has 6 rings (SSSR count). The summed E-state index contributed by atoms with van der Waals surface area (Å²) in [4.78, 5) is 35.1. The molecule has 192 valence electrons. The number of hydrogen-bond acceptors (Lipinski definition) is 6. The Morgan fingerprint density at radius 2 is 1.57 bits per heavy atom. The quantitative estimate of drug-likeness (QED) is 0.387. The lowest BCUT2D eigenvalue weighted by molar-refractivity contribution is 0.101. The smallest absolute Gasteiger partial charge is 0.336 e. The van der Waals surface area contributed by atoms with Gasteiger partial charge in [0.05, 0.1) is 5.52 Å². The number of aromatic nitrogens is 5. The molecule has 1 aliphatic carbocycles. The summed E-state index contributed by atoms with van der Waals surface area (Å²) >= 11 is 0. The second-order valence-corrected chi connectivity index (χ2v) is 10.2. The summed E-state index contributed by atoms with van der Waals surface area (Å²) in [7, 11) is 1.86. The fraction of sp³-hybridized carbons (Fsp3) is 0.429. The van der Waals surface area contributed by atoms with Crippen molar-refractivity contribution >= 4 is 28.5 Å². The van der Waals surface area contributed by atoms with Crippen molar-refractivity contribution in [2.24, 2.45) is 7.05 Å². The van der Waals surface area contributed by atoms with Crippen LogP contribution in [0.3, 0.4) is 0 Å². The Morgan fingerprint density at radius 1 is 0.865 bits per heavy atom. The normalized spacial score (nSPS) is 17.0. The zero-order valence-electron chi connectivity index (χ0n) is 21.5. The van der Waals surface area contributed by atoms with Crippen molar-refractivity contribution in [3.05, 3.63) is 64.7 Å². The van der Waals surface area contributed by atoms with Gasteiger partial charge in [0.1, 0.15) is 5.82 Å². The molecule has 4 aromatic rings. The number of anilines is 2. The Morgan fingerprint density at radius 3 is 2.22 bits per heavy atom. The van der Waals surface area contributed by atoms with Gasteiger partial charge in [-0.05, 0) is 56.2 Å². The van der Waals surface area contributed by atoms with E-state index in [1.54, 1.807) is 16.2 Å². The first kappa shape index (κ1) is 23.5. The molecule has 0 bridgehead atoms. The van der Waals surface area contributed by atoms with E-state index >= 15 is 0 Å². The number of Topliss-reactive ketones (excluding diaryl/α,β-unsaturated/α-hetero) is 1. The molecule has 0 unspecified atom stereocenters. The zero-order valence-corrected chi connectivity index (χ0v) is 21.5. The molecule has 4 heterocycles. The van der Waals surface area contributed by atoms with Gasteiger partial charge >= 0.3 is 5.69 Å². The Labute approximate surface area is 215 Å². The van der Waals surface area contributed by atoms with Gasteiger partial charge in [-0.2, -0.15) is 5.10 Å². The Balaban J connectivity index is 1.31. The number of piperazine rings is 1. The number of nitrogens with zero attached hydrogens (tertiary/aromatic N) is 7. The van der Waals surface area contributed by atoms with Gasteiger partial charge in [0.15, 0.2) is 17.2 Å². The summed E-state index contributed by atoms with van der Waals surface area (Å²) < 4.78 is 5.36. The second kappa shape index (κ2) is 9.53. The second-order valence-electron chi connectivity index (χ2n) is 10.2. The number of benzene rings is 1. The predicted octanol–water partition coefficient (Wildman–Crippen LogP) is 3.96. The third kappa shape index (κ3) is 4.32. The summed E-state index contributed by atoms with van der Waals surface area (Å²) in [6.07, 6.45) is 7.39. The predicted molar refractivity (Wildman–Crippen MR) is 145 cm³/mol. The van der Waals surface area contributed by atoms with Gasteiger partial charge in [0.25, 0.3) is 0 Å². The molecule has 0 radical (unpaired) electrons. The molecule has 1 saturated heterocycles. The van der Waals surface area contributed by atoms with E-state index in [4.69, 9.17) is 4.98 Å². The molecule has 37 heavy (non-hydrogen) atoms. The molecule has 3 aromatic heterocycles. The van der Waals surface area contributed by atoms with Gasteiger partial charge in [-0.15, -0.1) is 0 Å². The number of aryl methyl sites for hydroxylation is 1. The molecule has 9 nitrogen and oxygen atoms in total. The highest BCUT2D eigenvalue weighted by Gasteiger charge is 2.26. The number of pyridine rings is 1. The maximum Gasteiger partial charge on any atom is 0.336 e. The maximum absolute atomic E-state index is 13.7. The SMILES string of the molecule is CC(=O)c1ccc(N2CCN(c3ccc4c(n3)n(C3CCCCC3)c(=O)n4-c3ccn(C)n3)CC2)cc1. The van der Waals surface area contributed by atoms with Gasteiger partial charge < -0.3 is 9.80 Å². The number of carbonyl (C=O) groups excluding carboxylic acids is 1. The van der Waals surface area contributed by atoms with E-state index in [0.717, 1.165) is 80.1 Å². The number of fused-ring (bicyclic) bond motifs is 1. The van der Waals surface area contributed by atoms with Crippen molar-refractivity contribution in [1.82, 2.24) is 23.9 Å². The van der Waals surface area contributed by atoms with E-state index in [0.29, 0.717) is 5.82 Å². The minimum atomic E-state index is -0.0518. The van der Waals surface area contributed by atoms with Crippen LogP contribution in [0.1, 0.15) is 55.4 Å². The molecule has 0 spiro atoms. The largest absolute Gasteiger partial charge is 0.368 e. The van der Waals surface area contributed by atoms with Crippen molar-refractivity contribution in [2.45, 2.75) is 45.1 Å². The van der Waals surface area contributed by atoms with E-state index < -0.39 is 0 Å². The van der Waals surface area contributed by atoms with Crippen molar-refractivity contribution < 1.29 is 4.79 Å². The highest BCUT2D eigenvalue weighted by Crippen LogP contribution is 2.31. The molecule has 1 aliphatic heterocycles. The van der Waals surface area contributed by atoms with Gasteiger partial charge in [-0.1, -0.05) is 19.3 Å². The van der Waals surface area contributed by atoms with Crippen LogP contribution in [-0.4, -0.2) is 55.9 Å². The molecular formula is C28H33N7O2. The van der Waals surface area contributed by atoms with E-state index in [1.165, 1.54) is 6.42 Å². The van der Waals surface area contributed by atoms with E-state index in [9.17, 15) is 9.59 Å². The number of rotatable bonds is 5. The summed E-state index contributed by atoms with van der Waals surface area (Å²) in [5, 5.41) is 4.52. The fourth-order valence-corrected chi connectivity index (χ4v) is 5.77. The molecular weight excluding hydrogens is 466 g/mol. The molecule has 0 N–H and O–H groups in total. The van der Waals surface area contributed by atoms with Crippen LogP contribution in [0, 0.1) is 0 Å². The van der Waals surface area contributed by atoms with Gasteiger partial charge in [-0.25, -0.2) is 14.3 Å². The van der Waals surface area contributed by atoms with E-state index in [2.05, 4.69) is 14.9 Å². The Kier molecular flexibility index (Phi) is 6.06. The number of ketones is 1. The third-order valence-corrected chi connectivity index (χ3v) is 7.82. The average molecular weight is 500 g/mol. The lowest BCUT2D eigenvalue weighted by Gasteiger charge is -2.36. The van der Waals surface area contributed by atoms with Crippen molar-refractivity contribution in [1.29, 1.82) is 0 Å².